The summed E-state index contributed by atoms with van der Waals surface area (Å²) in [6.45, 7) is 6.16. The smallest absolute Gasteiger partial charge is 0.305 e. The van der Waals surface area contributed by atoms with Crippen LogP contribution in [0.1, 0.15) is 34.6 Å². The third kappa shape index (κ3) is 5.51. The summed E-state index contributed by atoms with van der Waals surface area (Å²) >= 11 is 0. The van der Waals surface area contributed by atoms with Crippen LogP contribution in [0.2, 0.25) is 0 Å². The van der Waals surface area contributed by atoms with Crippen molar-refractivity contribution in [3.05, 3.63) is 0 Å². The average molecular weight is 332 g/mol. The van der Waals surface area contributed by atoms with Crippen molar-refractivity contribution in [3.63, 3.8) is 0 Å². The van der Waals surface area contributed by atoms with E-state index >= 15 is 0 Å². The number of hydrogen-bond donors (Lipinski definition) is 0. The van der Waals surface area contributed by atoms with Crippen LogP contribution < -0.4 is 0 Å². The van der Waals surface area contributed by atoms with Crippen molar-refractivity contribution >= 4 is 23.9 Å². The van der Waals surface area contributed by atoms with Crippen molar-refractivity contribution < 1.29 is 42.9 Å². The molecule has 1 heterocycles. The van der Waals surface area contributed by atoms with Gasteiger partial charge in [-0.1, -0.05) is 0 Å². The molecule has 1 aliphatic heterocycles. The van der Waals surface area contributed by atoms with Gasteiger partial charge < -0.3 is 23.7 Å². The van der Waals surface area contributed by atoms with Gasteiger partial charge in [-0.2, -0.15) is 0 Å². The van der Waals surface area contributed by atoms with Gasteiger partial charge in [-0.25, -0.2) is 0 Å². The lowest BCUT2D eigenvalue weighted by Gasteiger charge is -2.42. The van der Waals surface area contributed by atoms with Gasteiger partial charge in [-0.05, 0) is 6.92 Å². The molecule has 0 saturated carbocycles. The first kappa shape index (κ1) is 18.9. The van der Waals surface area contributed by atoms with Crippen molar-refractivity contribution in [3.8, 4) is 0 Å². The molecular formula is C14H20O9. The molecule has 0 aromatic rings. The number of ether oxygens (including phenoxy) is 5. The van der Waals surface area contributed by atoms with Crippen molar-refractivity contribution in [2.45, 2.75) is 65.3 Å². The van der Waals surface area contributed by atoms with Gasteiger partial charge >= 0.3 is 23.9 Å². The fourth-order valence-electron chi connectivity index (χ4n) is 2.23. The zero-order valence-corrected chi connectivity index (χ0v) is 13.6. The normalized spacial score (nSPS) is 30.0. The molecule has 9 nitrogen and oxygen atoms in total. The molecule has 23 heavy (non-hydrogen) atoms. The number of carbonyl (C=O) groups is 4. The molecule has 0 amide bonds. The van der Waals surface area contributed by atoms with Crippen molar-refractivity contribution in [2.75, 3.05) is 0 Å². The zero-order chi connectivity index (χ0) is 17.7. The Hall–Kier alpha value is -2.16. The Morgan fingerprint density at radius 1 is 0.652 bits per heavy atom. The van der Waals surface area contributed by atoms with Crippen LogP contribution in [0.3, 0.4) is 0 Å². The van der Waals surface area contributed by atoms with E-state index in [-0.39, 0.29) is 0 Å². The van der Waals surface area contributed by atoms with Crippen LogP contribution in [0.5, 0.6) is 0 Å². The van der Waals surface area contributed by atoms with Crippen LogP contribution in [0.4, 0.5) is 0 Å². The van der Waals surface area contributed by atoms with Crippen molar-refractivity contribution in [1.29, 1.82) is 0 Å². The summed E-state index contributed by atoms with van der Waals surface area (Å²) in [5.41, 5.74) is 0. The van der Waals surface area contributed by atoms with E-state index in [0.29, 0.717) is 0 Å². The molecule has 0 aromatic heterocycles. The number of rotatable bonds is 4. The Kier molecular flexibility index (Phi) is 6.49. The molecule has 0 aliphatic carbocycles. The third-order valence-electron chi connectivity index (χ3n) is 2.92. The molecule has 0 aromatic carbocycles. The van der Waals surface area contributed by atoms with E-state index in [1.807, 2.05) is 0 Å². The summed E-state index contributed by atoms with van der Waals surface area (Å²) in [6, 6.07) is 0. The molecule has 9 heteroatoms. The molecule has 1 rings (SSSR count). The number of carbonyl (C=O) groups excluding carboxylic acids is 4. The molecule has 1 aliphatic rings. The predicted octanol–water partition coefficient (Wildman–Crippen LogP) is 0.0894. The van der Waals surface area contributed by atoms with Gasteiger partial charge in [0.1, 0.15) is 0 Å². The molecule has 5 atom stereocenters. The van der Waals surface area contributed by atoms with Crippen LogP contribution in [0.15, 0.2) is 0 Å². The zero-order valence-electron chi connectivity index (χ0n) is 13.6. The van der Waals surface area contributed by atoms with E-state index in [9.17, 15) is 19.2 Å². The van der Waals surface area contributed by atoms with E-state index in [1.54, 1.807) is 6.92 Å². The van der Waals surface area contributed by atoms with Crippen LogP contribution in [-0.4, -0.2) is 54.6 Å². The summed E-state index contributed by atoms with van der Waals surface area (Å²) in [4.78, 5) is 45.1. The Balaban J connectivity index is 3.15. The SMILES string of the molecule is CC(=O)O[C@H]1O[C@H](C)[C@H](OC(C)=O)[C@H](OC(C)=O)[C@H]1OC(C)=O. The monoisotopic (exact) mass is 332 g/mol. The van der Waals surface area contributed by atoms with Crippen molar-refractivity contribution in [1.82, 2.24) is 0 Å². The Morgan fingerprint density at radius 3 is 1.48 bits per heavy atom. The van der Waals surface area contributed by atoms with Gasteiger partial charge in [0.2, 0.25) is 12.4 Å². The first-order chi connectivity index (χ1) is 10.6. The highest BCUT2D eigenvalue weighted by Gasteiger charge is 2.51. The van der Waals surface area contributed by atoms with E-state index < -0.39 is 54.6 Å². The van der Waals surface area contributed by atoms with E-state index in [4.69, 9.17) is 23.7 Å². The maximum Gasteiger partial charge on any atom is 0.305 e. The van der Waals surface area contributed by atoms with Crippen LogP contribution >= 0.6 is 0 Å². The van der Waals surface area contributed by atoms with Gasteiger partial charge in [0.25, 0.3) is 0 Å². The first-order valence-electron chi connectivity index (χ1n) is 6.96. The maximum atomic E-state index is 11.4. The average Bonchev–Trinajstić information content (AvgIpc) is 2.36. The molecular weight excluding hydrogens is 312 g/mol. The van der Waals surface area contributed by atoms with Gasteiger partial charge in [0.05, 0.1) is 6.10 Å². The van der Waals surface area contributed by atoms with E-state index in [0.717, 1.165) is 20.8 Å². The van der Waals surface area contributed by atoms with Crippen LogP contribution in [0.25, 0.3) is 0 Å². The van der Waals surface area contributed by atoms with Gasteiger partial charge in [0, 0.05) is 27.7 Å². The summed E-state index contributed by atoms with van der Waals surface area (Å²) in [5.74, 6) is -2.69. The molecule has 1 saturated heterocycles. The quantitative estimate of drug-likeness (QED) is 0.521. The number of hydrogen-bond acceptors (Lipinski definition) is 9. The molecule has 0 N–H and O–H groups in total. The second kappa shape index (κ2) is 7.91. The highest BCUT2D eigenvalue weighted by Crippen LogP contribution is 2.29. The highest BCUT2D eigenvalue weighted by molar-refractivity contribution is 5.69. The molecule has 0 spiro atoms. The maximum absolute atomic E-state index is 11.4. The first-order valence-corrected chi connectivity index (χ1v) is 6.96. The lowest BCUT2D eigenvalue weighted by atomic mass is 9.99. The summed E-state index contributed by atoms with van der Waals surface area (Å²) in [6.07, 6.45) is -5.51. The van der Waals surface area contributed by atoms with E-state index in [1.165, 1.54) is 6.92 Å². The number of esters is 4. The molecule has 0 bridgehead atoms. The predicted molar refractivity (Wildman–Crippen MR) is 72.8 cm³/mol. The van der Waals surface area contributed by atoms with Crippen molar-refractivity contribution in [2.24, 2.45) is 0 Å². The second-order valence-corrected chi connectivity index (χ2v) is 5.04. The fourth-order valence-corrected chi connectivity index (χ4v) is 2.23. The third-order valence-corrected chi connectivity index (χ3v) is 2.92. The molecule has 0 radical (unpaired) electrons. The minimum Gasteiger partial charge on any atom is -0.456 e. The standard InChI is InChI=1S/C14H20O9/c1-6-11(20-7(2)15)12(21-8(3)16)13(22-9(4)17)14(19-6)23-10(5)18/h6,11-14H,1-5H3/t6-,11+,12+,13-,14-/m1/s1. The highest BCUT2D eigenvalue weighted by atomic mass is 16.7. The van der Waals surface area contributed by atoms with Gasteiger partial charge in [-0.15, -0.1) is 0 Å². The summed E-state index contributed by atoms with van der Waals surface area (Å²) in [5, 5.41) is 0. The van der Waals surface area contributed by atoms with Gasteiger partial charge in [-0.3, -0.25) is 19.2 Å². The van der Waals surface area contributed by atoms with Crippen LogP contribution in [0, 0.1) is 0 Å². The Bertz CT molecular complexity index is 487. The minimum atomic E-state index is -1.29. The lowest BCUT2D eigenvalue weighted by molar-refractivity contribution is -0.292. The molecule has 0 unspecified atom stereocenters. The molecule has 1 fully saturated rings. The Morgan fingerprint density at radius 2 is 1.04 bits per heavy atom. The summed E-state index contributed by atoms with van der Waals surface area (Å²) < 4.78 is 25.7. The Labute approximate surface area is 133 Å². The summed E-state index contributed by atoms with van der Waals surface area (Å²) in [7, 11) is 0. The molecule has 130 valence electrons. The van der Waals surface area contributed by atoms with Crippen LogP contribution in [-0.2, 0) is 42.9 Å². The topological polar surface area (TPSA) is 114 Å². The van der Waals surface area contributed by atoms with E-state index in [2.05, 4.69) is 0 Å². The van der Waals surface area contributed by atoms with Gasteiger partial charge in [0.15, 0.2) is 12.2 Å². The minimum absolute atomic E-state index is 0.630. The fraction of sp³-hybridized carbons (Fsp3) is 0.714. The second-order valence-electron chi connectivity index (χ2n) is 5.04. The lowest BCUT2D eigenvalue weighted by Crippen LogP contribution is -2.61. The largest absolute Gasteiger partial charge is 0.456 e.